The number of aromatic nitrogens is 5. The van der Waals surface area contributed by atoms with Crippen molar-refractivity contribution >= 4 is 23.2 Å². The highest BCUT2D eigenvalue weighted by molar-refractivity contribution is 6.33. The summed E-state index contributed by atoms with van der Waals surface area (Å²) in [5.74, 6) is -0.492. The molecule has 1 N–H and O–H groups in total. The predicted octanol–water partition coefficient (Wildman–Crippen LogP) is 1.89. The molecule has 1 unspecified atom stereocenters. The second-order valence-corrected chi connectivity index (χ2v) is 4.70. The van der Waals surface area contributed by atoms with Gasteiger partial charge in [-0.25, -0.2) is 4.79 Å². The molecule has 0 aliphatic heterocycles. The minimum atomic E-state index is -1.06. The standard InChI is InChI=1S/C12H10ClN5O2/c1-7(18-4-2-3-14-18)10-15-16-11-9(13)5-8(12(19)20)6-17(10)11/h2-7H,1H3,(H,19,20). The van der Waals surface area contributed by atoms with E-state index in [1.807, 2.05) is 6.92 Å². The number of carboxylic acid groups (broad SMARTS) is 1. The average molecular weight is 292 g/mol. The van der Waals surface area contributed by atoms with Crippen molar-refractivity contribution in [2.45, 2.75) is 13.0 Å². The van der Waals surface area contributed by atoms with Gasteiger partial charge >= 0.3 is 5.97 Å². The number of aromatic carboxylic acids is 1. The Labute approximate surface area is 118 Å². The second-order valence-electron chi connectivity index (χ2n) is 4.30. The third-order valence-corrected chi connectivity index (χ3v) is 3.31. The number of carboxylic acids is 1. The maximum atomic E-state index is 11.1. The SMILES string of the molecule is CC(c1nnc2c(Cl)cc(C(=O)O)cn12)n1cccn1. The maximum absolute atomic E-state index is 11.1. The van der Waals surface area contributed by atoms with Crippen LogP contribution in [0.15, 0.2) is 30.7 Å². The van der Waals surface area contributed by atoms with Crippen LogP contribution in [-0.2, 0) is 0 Å². The molecule has 3 aromatic rings. The van der Waals surface area contributed by atoms with E-state index in [4.69, 9.17) is 16.7 Å². The number of halogens is 1. The first-order valence-corrected chi connectivity index (χ1v) is 6.22. The Balaban J connectivity index is 2.19. The summed E-state index contributed by atoms with van der Waals surface area (Å²) < 4.78 is 3.29. The lowest BCUT2D eigenvalue weighted by Gasteiger charge is -2.10. The van der Waals surface area contributed by atoms with Crippen LogP contribution in [0.5, 0.6) is 0 Å². The van der Waals surface area contributed by atoms with Crippen LogP contribution in [0.4, 0.5) is 0 Å². The molecule has 0 amide bonds. The van der Waals surface area contributed by atoms with Gasteiger partial charge in [0, 0.05) is 18.6 Å². The Bertz CT molecular complexity index is 781. The van der Waals surface area contributed by atoms with Gasteiger partial charge in [-0.3, -0.25) is 9.08 Å². The normalized spacial score (nSPS) is 12.7. The Morgan fingerprint density at radius 1 is 1.45 bits per heavy atom. The van der Waals surface area contributed by atoms with Crippen molar-refractivity contribution in [3.63, 3.8) is 0 Å². The average Bonchev–Trinajstić information content (AvgIpc) is 3.07. The van der Waals surface area contributed by atoms with Crippen molar-refractivity contribution in [2.75, 3.05) is 0 Å². The number of hydrogen-bond acceptors (Lipinski definition) is 4. The second kappa shape index (κ2) is 4.61. The molecule has 8 heteroatoms. The van der Waals surface area contributed by atoms with E-state index in [1.54, 1.807) is 27.5 Å². The maximum Gasteiger partial charge on any atom is 0.337 e. The van der Waals surface area contributed by atoms with Gasteiger partial charge in [0.2, 0.25) is 0 Å². The number of nitrogens with zero attached hydrogens (tertiary/aromatic N) is 5. The minimum Gasteiger partial charge on any atom is -0.478 e. The van der Waals surface area contributed by atoms with Gasteiger partial charge in [-0.2, -0.15) is 5.10 Å². The van der Waals surface area contributed by atoms with Crippen molar-refractivity contribution in [1.29, 1.82) is 0 Å². The smallest absolute Gasteiger partial charge is 0.337 e. The number of hydrogen-bond donors (Lipinski definition) is 1. The highest BCUT2D eigenvalue weighted by atomic mass is 35.5. The van der Waals surface area contributed by atoms with E-state index in [0.717, 1.165) is 0 Å². The molecular weight excluding hydrogens is 282 g/mol. The lowest BCUT2D eigenvalue weighted by Crippen LogP contribution is -2.11. The zero-order chi connectivity index (χ0) is 14.3. The van der Waals surface area contributed by atoms with E-state index >= 15 is 0 Å². The van der Waals surface area contributed by atoms with Crippen molar-refractivity contribution in [2.24, 2.45) is 0 Å². The Morgan fingerprint density at radius 3 is 2.90 bits per heavy atom. The van der Waals surface area contributed by atoms with Gasteiger partial charge in [0.15, 0.2) is 11.5 Å². The third kappa shape index (κ3) is 1.92. The molecule has 0 aromatic carbocycles. The van der Waals surface area contributed by atoms with Gasteiger partial charge in [-0.15, -0.1) is 10.2 Å². The first-order chi connectivity index (χ1) is 9.58. The molecule has 3 heterocycles. The quantitative estimate of drug-likeness (QED) is 0.796. The number of carbonyl (C=O) groups is 1. The molecule has 0 spiro atoms. The fourth-order valence-corrected chi connectivity index (χ4v) is 2.25. The summed E-state index contributed by atoms with van der Waals surface area (Å²) in [6.45, 7) is 1.89. The van der Waals surface area contributed by atoms with Crippen molar-refractivity contribution in [3.05, 3.63) is 47.1 Å². The lowest BCUT2D eigenvalue weighted by atomic mass is 10.2. The van der Waals surface area contributed by atoms with Gasteiger partial charge in [0.1, 0.15) is 6.04 Å². The summed E-state index contributed by atoms with van der Waals surface area (Å²) in [6, 6.07) is 2.96. The van der Waals surface area contributed by atoms with Crippen LogP contribution < -0.4 is 0 Å². The van der Waals surface area contributed by atoms with Gasteiger partial charge in [0.25, 0.3) is 0 Å². The van der Waals surface area contributed by atoms with E-state index in [-0.39, 0.29) is 16.6 Å². The van der Waals surface area contributed by atoms with Crippen LogP contribution in [0, 0.1) is 0 Å². The molecule has 3 rings (SSSR count). The molecule has 3 aromatic heterocycles. The Morgan fingerprint density at radius 2 is 2.25 bits per heavy atom. The van der Waals surface area contributed by atoms with Gasteiger partial charge in [0.05, 0.1) is 10.6 Å². The Kier molecular flexibility index (Phi) is 2.90. The van der Waals surface area contributed by atoms with Crippen LogP contribution in [0.1, 0.15) is 29.1 Å². The summed E-state index contributed by atoms with van der Waals surface area (Å²) in [4.78, 5) is 11.1. The van der Waals surface area contributed by atoms with Crippen molar-refractivity contribution in [3.8, 4) is 0 Å². The van der Waals surface area contributed by atoms with E-state index in [1.165, 1.54) is 12.3 Å². The summed E-state index contributed by atoms with van der Waals surface area (Å²) in [5, 5.41) is 21.6. The number of pyridine rings is 1. The molecule has 0 fully saturated rings. The van der Waals surface area contributed by atoms with Crippen LogP contribution >= 0.6 is 11.6 Å². The zero-order valence-electron chi connectivity index (χ0n) is 10.4. The fourth-order valence-electron chi connectivity index (χ4n) is 2.00. The molecule has 0 aliphatic rings. The van der Waals surface area contributed by atoms with E-state index in [2.05, 4.69) is 15.3 Å². The molecule has 0 bridgehead atoms. The molecule has 0 radical (unpaired) electrons. The molecule has 0 aliphatic carbocycles. The molecule has 0 saturated carbocycles. The molecule has 20 heavy (non-hydrogen) atoms. The van der Waals surface area contributed by atoms with Crippen molar-refractivity contribution in [1.82, 2.24) is 24.4 Å². The largest absolute Gasteiger partial charge is 0.478 e. The van der Waals surface area contributed by atoms with Crippen LogP contribution in [0.2, 0.25) is 5.02 Å². The van der Waals surface area contributed by atoms with Gasteiger partial charge in [-0.1, -0.05) is 11.6 Å². The van der Waals surface area contributed by atoms with Crippen LogP contribution in [-0.4, -0.2) is 35.5 Å². The fraction of sp³-hybridized carbons (Fsp3) is 0.167. The minimum absolute atomic E-state index is 0.0798. The van der Waals surface area contributed by atoms with Crippen LogP contribution in [0.25, 0.3) is 5.65 Å². The highest BCUT2D eigenvalue weighted by Crippen LogP contribution is 2.22. The molecule has 102 valence electrons. The molecular formula is C12H10ClN5O2. The zero-order valence-corrected chi connectivity index (χ0v) is 11.2. The van der Waals surface area contributed by atoms with E-state index in [0.29, 0.717) is 11.5 Å². The summed E-state index contributed by atoms with van der Waals surface area (Å²) in [7, 11) is 0. The molecule has 0 saturated heterocycles. The first kappa shape index (κ1) is 12.6. The predicted molar refractivity (Wildman–Crippen MR) is 71.0 cm³/mol. The Hall–Kier alpha value is -2.41. The topological polar surface area (TPSA) is 85.3 Å². The number of fused-ring (bicyclic) bond motifs is 1. The summed E-state index contributed by atoms with van der Waals surface area (Å²) in [6.07, 6.45) is 4.92. The lowest BCUT2D eigenvalue weighted by molar-refractivity contribution is 0.0696. The van der Waals surface area contributed by atoms with Gasteiger partial charge in [-0.05, 0) is 19.1 Å². The monoisotopic (exact) mass is 291 g/mol. The number of rotatable bonds is 3. The highest BCUT2D eigenvalue weighted by Gasteiger charge is 2.18. The summed E-state index contributed by atoms with van der Waals surface area (Å²) in [5.41, 5.74) is 0.502. The van der Waals surface area contributed by atoms with Crippen molar-refractivity contribution < 1.29 is 9.90 Å². The van der Waals surface area contributed by atoms with Gasteiger partial charge < -0.3 is 5.11 Å². The third-order valence-electron chi connectivity index (χ3n) is 3.03. The first-order valence-electron chi connectivity index (χ1n) is 5.84. The summed E-state index contributed by atoms with van der Waals surface area (Å²) >= 11 is 6.04. The van der Waals surface area contributed by atoms with E-state index < -0.39 is 5.97 Å². The van der Waals surface area contributed by atoms with E-state index in [9.17, 15) is 4.79 Å². The molecule has 7 nitrogen and oxygen atoms in total. The van der Waals surface area contributed by atoms with Crippen LogP contribution in [0.3, 0.4) is 0 Å². The molecule has 1 atom stereocenters.